The van der Waals surface area contributed by atoms with Crippen LogP contribution in [0, 0.1) is 11.8 Å². The number of benzene rings is 4. The van der Waals surface area contributed by atoms with Gasteiger partial charge in [0.25, 0.3) is 0 Å². The maximum atomic E-state index is 9.80. The van der Waals surface area contributed by atoms with Crippen LogP contribution in [0.3, 0.4) is 0 Å². The van der Waals surface area contributed by atoms with E-state index in [1.807, 2.05) is 85.0 Å². The zero-order chi connectivity index (χ0) is 23.1. The summed E-state index contributed by atoms with van der Waals surface area (Å²) < 4.78 is 12.3. The van der Waals surface area contributed by atoms with Gasteiger partial charge in [-0.15, -0.1) is 0 Å². The van der Waals surface area contributed by atoms with Gasteiger partial charge in [-0.1, -0.05) is 36.4 Å². The lowest BCUT2D eigenvalue weighted by Gasteiger charge is -2.23. The summed E-state index contributed by atoms with van der Waals surface area (Å²) in [7, 11) is 0. The molecular formula is C30H22O4. The van der Waals surface area contributed by atoms with Gasteiger partial charge in [0.15, 0.2) is 0 Å². The van der Waals surface area contributed by atoms with Crippen LogP contribution in [0.5, 0.6) is 23.0 Å². The highest BCUT2D eigenvalue weighted by molar-refractivity contribution is 5.86. The number of fused-ring (bicyclic) bond motifs is 3. The topological polar surface area (TPSA) is 58.9 Å². The first-order valence-corrected chi connectivity index (χ1v) is 11.2. The summed E-state index contributed by atoms with van der Waals surface area (Å²) in [5.74, 6) is 3.77. The van der Waals surface area contributed by atoms with E-state index in [9.17, 15) is 10.2 Å². The molecule has 4 nitrogen and oxygen atoms in total. The molecule has 2 aliphatic carbocycles. The minimum absolute atomic E-state index is 0.0920. The van der Waals surface area contributed by atoms with Crippen LogP contribution in [0.1, 0.15) is 0 Å². The van der Waals surface area contributed by atoms with Crippen molar-refractivity contribution in [3.63, 3.8) is 0 Å². The van der Waals surface area contributed by atoms with E-state index in [4.69, 9.17) is 9.47 Å². The van der Waals surface area contributed by atoms with Crippen LogP contribution in [0.25, 0.3) is 21.5 Å². The summed E-state index contributed by atoms with van der Waals surface area (Å²) >= 11 is 0. The van der Waals surface area contributed by atoms with Crippen LogP contribution in [-0.2, 0) is 0 Å². The number of allylic oxidation sites excluding steroid dienone is 6. The normalized spacial score (nSPS) is 18.9. The summed E-state index contributed by atoms with van der Waals surface area (Å²) in [6.45, 7) is 0. The Hall–Kier alpha value is -4.44. The smallest absolute Gasteiger partial charge is 0.128 e. The van der Waals surface area contributed by atoms with Crippen LogP contribution >= 0.6 is 0 Å². The van der Waals surface area contributed by atoms with E-state index < -0.39 is 0 Å². The number of ether oxygens (including phenoxy) is 2. The number of phenols is 1. The van der Waals surface area contributed by atoms with E-state index in [1.54, 1.807) is 18.2 Å². The van der Waals surface area contributed by atoms with Gasteiger partial charge in [0, 0.05) is 11.8 Å². The Morgan fingerprint density at radius 3 is 1.82 bits per heavy atom. The molecule has 2 aliphatic rings. The Bertz CT molecular complexity index is 1540. The van der Waals surface area contributed by atoms with Crippen molar-refractivity contribution < 1.29 is 19.7 Å². The zero-order valence-corrected chi connectivity index (χ0v) is 18.3. The van der Waals surface area contributed by atoms with Crippen molar-refractivity contribution in [2.24, 2.45) is 11.8 Å². The molecule has 0 saturated heterocycles. The number of aliphatic hydroxyl groups excluding tert-OH is 1. The number of rotatable bonds is 4. The molecule has 166 valence electrons. The molecule has 2 N–H and O–H groups in total. The summed E-state index contributed by atoms with van der Waals surface area (Å²) in [5, 5.41) is 23.6. The van der Waals surface area contributed by atoms with E-state index in [-0.39, 0.29) is 23.3 Å². The minimum atomic E-state index is 0.0920. The van der Waals surface area contributed by atoms with Crippen LogP contribution in [0.15, 0.2) is 121 Å². The molecule has 0 saturated carbocycles. The second kappa shape index (κ2) is 8.16. The standard InChI is InChI=1S/C30H22O4/c31-25-7-1-19-3-9-27(15-22(19)13-25)33-29-11-5-21-6-12-30(18-24(21)17-29)34-28-10-4-20-2-8-26(32)14-23(20)16-28/h1-19,22,31-32H. The lowest BCUT2D eigenvalue weighted by atomic mass is 9.84. The maximum absolute atomic E-state index is 9.80. The van der Waals surface area contributed by atoms with Crippen LogP contribution in [-0.4, -0.2) is 10.2 Å². The first kappa shape index (κ1) is 20.2. The van der Waals surface area contributed by atoms with Gasteiger partial charge in [-0.3, -0.25) is 0 Å². The van der Waals surface area contributed by atoms with Gasteiger partial charge < -0.3 is 19.7 Å². The summed E-state index contributed by atoms with van der Waals surface area (Å²) in [6, 6.07) is 23.0. The largest absolute Gasteiger partial charge is 0.508 e. The Labute approximate surface area is 197 Å². The molecular weight excluding hydrogens is 424 g/mol. The lowest BCUT2D eigenvalue weighted by molar-refractivity contribution is 0.406. The Kier molecular flexibility index (Phi) is 4.84. The fraction of sp³-hybridized carbons (Fsp3) is 0.0667. The van der Waals surface area contributed by atoms with Gasteiger partial charge in [-0.2, -0.15) is 0 Å². The molecule has 34 heavy (non-hydrogen) atoms. The maximum Gasteiger partial charge on any atom is 0.128 e. The molecule has 0 heterocycles. The zero-order valence-electron chi connectivity index (χ0n) is 18.3. The molecule has 4 aromatic rings. The average molecular weight is 447 g/mol. The average Bonchev–Trinajstić information content (AvgIpc) is 2.83. The molecule has 2 atom stereocenters. The number of hydrogen-bond donors (Lipinski definition) is 2. The summed E-state index contributed by atoms with van der Waals surface area (Å²) in [4.78, 5) is 0. The Morgan fingerprint density at radius 1 is 0.529 bits per heavy atom. The van der Waals surface area contributed by atoms with Gasteiger partial charge in [-0.05, 0) is 94.4 Å². The molecule has 0 aliphatic heterocycles. The van der Waals surface area contributed by atoms with Crippen molar-refractivity contribution in [2.45, 2.75) is 0 Å². The van der Waals surface area contributed by atoms with E-state index in [0.29, 0.717) is 5.75 Å². The highest BCUT2D eigenvalue weighted by Crippen LogP contribution is 2.33. The van der Waals surface area contributed by atoms with E-state index in [2.05, 4.69) is 6.08 Å². The summed E-state index contributed by atoms with van der Waals surface area (Å²) in [6.07, 6.45) is 11.7. The van der Waals surface area contributed by atoms with Crippen LogP contribution < -0.4 is 9.47 Å². The van der Waals surface area contributed by atoms with Gasteiger partial charge in [-0.25, -0.2) is 0 Å². The predicted octanol–water partition coefficient (Wildman–Crippen LogP) is 7.57. The Morgan fingerprint density at radius 2 is 1.12 bits per heavy atom. The fourth-order valence-electron chi connectivity index (χ4n) is 4.45. The number of phenolic OH excluding ortho intramolecular Hbond substituents is 1. The van der Waals surface area contributed by atoms with Crippen molar-refractivity contribution in [1.82, 2.24) is 0 Å². The third-order valence-corrected chi connectivity index (χ3v) is 6.19. The molecule has 0 fully saturated rings. The SMILES string of the molecule is OC1=CC2C=C(Oc3ccc4ccc(Oc5ccc6ccc(O)cc6c5)cc4c3)C=CC2C=C1. The van der Waals surface area contributed by atoms with Crippen molar-refractivity contribution in [2.75, 3.05) is 0 Å². The van der Waals surface area contributed by atoms with Gasteiger partial charge >= 0.3 is 0 Å². The number of aromatic hydroxyl groups is 1. The van der Waals surface area contributed by atoms with Crippen LogP contribution in [0.2, 0.25) is 0 Å². The van der Waals surface area contributed by atoms with Gasteiger partial charge in [0.05, 0.1) is 0 Å². The van der Waals surface area contributed by atoms with E-state index >= 15 is 0 Å². The van der Waals surface area contributed by atoms with Crippen molar-refractivity contribution in [1.29, 1.82) is 0 Å². The quantitative estimate of drug-likeness (QED) is 0.339. The molecule has 0 bridgehead atoms. The van der Waals surface area contributed by atoms with E-state index in [0.717, 1.165) is 38.8 Å². The molecule has 0 radical (unpaired) electrons. The molecule has 6 rings (SSSR count). The highest BCUT2D eigenvalue weighted by atomic mass is 16.5. The third kappa shape index (κ3) is 4.02. The van der Waals surface area contributed by atoms with E-state index in [1.165, 1.54) is 0 Å². The second-order valence-electron chi connectivity index (χ2n) is 8.60. The molecule has 4 aromatic carbocycles. The highest BCUT2D eigenvalue weighted by Gasteiger charge is 2.21. The second-order valence-corrected chi connectivity index (χ2v) is 8.60. The molecule has 2 unspecified atom stereocenters. The first-order chi connectivity index (χ1) is 16.6. The molecule has 0 amide bonds. The monoisotopic (exact) mass is 446 g/mol. The van der Waals surface area contributed by atoms with Crippen molar-refractivity contribution >= 4 is 21.5 Å². The third-order valence-electron chi connectivity index (χ3n) is 6.19. The molecule has 4 heteroatoms. The Balaban J connectivity index is 1.24. The minimum Gasteiger partial charge on any atom is -0.508 e. The van der Waals surface area contributed by atoms with Crippen molar-refractivity contribution in [3.8, 4) is 23.0 Å². The number of hydrogen-bond acceptors (Lipinski definition) is 4. The lowest BCUT2D eigenvalue weighted by Crippen LogP contribution is -2.14. The van der Waals surface area contributed by atoms with Crippen molar-refractivity contribution in [3.05, 3.63) is 121 Å². The van der Waals surface area contributed by atoms with Gasteiger partial charge in [0.1, 0.15) is 34.5 Å². The number of aliphatic hydroxyl groups is 1. The molecule has 0 spiro atoms. The molecule has 0 aromatic heterocycles. The summed E-state index contributed by atoms with van der Waals surface area (Å²) in [5.41, 5.74) is 0. The van der Waals surface area contributed by atoms with Crippen LogP contribution in [0.4, 0.5) is 0 Å². The first-order valence-electron chi connectivity index (χ1n) is 11.2. The van der Waals surface area contributed by atoms with Gasteiger partial charge in [0.2, 0.25) is 0 Å². The predicted molar refractivity (Wildman–Crippen MR) is 134 cm³/mol. The fourth-order valence-corrected chi connectivity index (χ4v) is 4.45.